The maximum Gasteiger partial charge on any atom is 0.266 e. The highest BCUT2D eigenvalue weighted by molar-refractivity contribution is 7.80. The Morgan fingerprint density at radius 3 is 2.57 bits per heavy atom. The third-order valence-electron chi connectivity index (χ3n) is 2.94. The first-order chi connectivity index (χ1) is 10.2. The second kappa shape index (κ2) is 5.76. The number of aromatic amines is 1. The molecule has 2 N–H and O–H groups in total. The van der Waals surface area contributed by atoms with Crippen molar-refractivity contribution in [2.75, 3.05) is 5.32 Å². The van der Waals surface area contributed by atoms with E-state index in [1.54, 1.807) is 0 Å². The number of H-pyrrole nitrogens is 1. The lowest BCUT2D eigenvalue weighted by molar-refractivity contribution is 0.568. The number of pyridine rings is 1. The number of hydrogen-bond donors (Lipinski definition) is 2. The van der Waals surface area contributed by atoms with Gasteiger partial charge in [0, 0.05) is 17.1 Å². The zero-order valence-corrected chi connectivity index (χ0v) is 11.8. The summed E-state index contributed by atoms with van der Waals surface area (Å²) in [7, 11) is 0. The summed E-state index contributed by atoms with van der Waals surface area (Å²) in [5.74, 6) is 0.433. The van der Waals surface area contributed by atoms with Crippen LogP contribution in [-0.2, 0) is 0 Å². The molecule has 0 aliphatic rings. The van der Waals surface area contributed by atoms with E-state index in [-0.39, 0.29) is 10.7 Å². The molecule has 104 valence electrons. The molecule has 5 heteroatoms. The van der Waals surface area contributed by atoms with Crippen molar-refractivity contribution in [2.45, 2.75) is 0 Å². The fraction of sp³-hybridized carbons (Fsp3) is 0. The van der Waals surface area contributed by atoms with Crippen LogP contribution < -0.4 is 15.6 Å². The van der Waals surface area contributed by atoms with Gasteiger partial charge >= 0.3 is 0 Å². The molecule has 0 radical (unpaired) electrons. The minimum absolute atomic E-state index is 0.192. The monoisotopic (exact) mass is 296 g/mol. The minimum atomic E-state index is -0.230. The Morgan fingerprint density at radius 1 is 1.05 bits per heavy atom. The summed E-state index contributed by atoms with van der Waals surface area (Å²) < 4.78 is 5.61. The molecule has 3 aromatic rings. The van der Waals surface area contributed by atoms with Gasteiger partial charge in [-0.2, -0.15) is 0 Å². The highest BCUT2D eigenvalue weighted by Gasteiger charge is 2.07. The average Bonchev–Trinajstić information content (AvgIpc) is 2.48. The number of benzene rings is 2. The van der Waals surface area contributed by atoms with Crippen LogP contribution in [0.1, 0.15) is 0 Å². The van der Waals surface area contributed by atoms with Crippen molar-refractivity contribution in [3.05, 3.63) is 71.0 Å². The number of ether oxygens (including phenoxy) is 1. The van der Waals surface area contributed by atoms with Crippen LogP contribution in [0.5, 0.6) is 5.75 Å². The summed E-state index contributed by atoms with van der Waals surface area (Å²) >= 11 is 5.18. The Kier molecular flexibility index (Phi) is 3.66. The van der Waals surface area contributed by atoms with Gasteiger partial charge in [0.05, 0.1) is 5.52 Å². The Bertz CT molecular complexity index is 844. The lowest BCUT2D eigenvalue weighted by atomic mass is 10.2. The van der Waals surface area contributed by atoms with E-state index in [1.165, 1.54) is 6.07 Å². The molecular formula is C16H12N2O2S. The molecule has 2 aromatic carbocycles. The van der Waals surface area contributed by atoms with Crippen molar-refractivity contribution < 1.29 is 4.74 Å². The lowest BCUT2D eigenvalue weighted by Gasteiger charge is -2.11. The number of thiocarbonyl (C=S) groups is 1. The fourth-order valence-electron chi connectivity index (χ4n) is 2.02. The van der Waals surface area contributed by atoms with Crippen molar-refractivity contribution in [3.8, 4) is 5.75 Å². The highest BCUT2D eigenvalue weighted by atomic mass is 32.1. The number of para-hydroxylation sites is 2. The van der Waals surface area contributed by atoms with Crippen LogP contribution in [-0.4, -0.2) is 10.2 Å². The van der Waals surface area contributed by atoms with Crippen molar-refractivity contribution in [3.63, 3.8) is 0 Å². The van der Waals surface area contributed by atoms with Gasteiger partial charge in [-0.15, -0.1) is 0 Å². The normalized spacial score (nSPS) is 10.3. The first kappa shape index (κ1) is 13.3. The zero-order valence-electron chi connectivity index (χ0n) is 11.0. The zero-order chi connectivity index (χ0) is 14.7. The van der Waals surface area contributed by atoms with Crippen LogP contribution >= 0.6 is 12.2 Å². The first-order valence-corrected chi connectivity index (χ1v) is 6.79. The molecule has 0 atom stereocenters. The van der Waals surface area contributed by atoms with Crippen molar-refractivity contribution in [1.29, 1.82) is 0 Å². The van der Waals surface area contributed by atoms with E-state index < -0.39 is 0 Å². The summed E-state index contributed by atoms with van der Waals surface area (Å²) in [6, 6.07) is 18.3. The Labute approximate surface area is 126 Å². The van der Waals surface area contributed by atoms with Gasteiger partial charge in [-0.1, -0.05) is 30.3 Å². The van der Waals surface area contributed by atoms with Crippen molar-refractivity contribution >= 4 is 34.0 Å². The lowest BCUT2D eigenvalue weighted by Crippen LogP contribution is -2.18. The van der Waals surface area contributed by atoms with Crippen LogP contribution in [0, 0.1) is 0 Å². The standard InChI is InChI=1S/C16H12N2O2S/c19-15-10-14(12-8-4-5-9-13(12)18-15)20-16(21)17-11-6-2-1-3-7-11/h1-10H,(H,17,21)(H,18,19). The van der Waals surface area contributed by atoms with Crippen molar-refractivity contribution in [1.82, 2.24) is 4.98 Å². The van der Waals surface area contributed by atoms with E-state index in [4.69, 9.17) is 17.0 Å². The van der Waals surface area contributed by atoms with E-state index >= 15 is 0 Å². The Morgan fingerprint density at radius 2 is 1.76 bits per heavy atom. The van der Waals surface area contributed by atoms with Gasteiger partial charge < -0.3 is 15.0 Å². The van der Waals surface area contributed by atoms with E-state index in [0.717, 1.165) is 11.1 Å². The molecule has 0 aliphatic heterocycles. The molecule has 0 aliphatic carbocycles. The van der Waals surface area contributed by atoms with E-state index in [2.05, 4.69) is 10.3 Å². The predicted molar refractivity (Wildman–Crippen MR) is 87.9 cm³/mol. The number of hydrogen-bond acceptors (Lipinski definition) is 3. The summed E-state index contributed by atoms with van der Waals surface area (Å²) in [4.78, 5) is 14.4. The van der Waals surface area contributed by atoms with Crippen LogP contribution in [0.15, 0.2) is 65.5 Å². The van der Waals surface area contributed by atoms with Gasteiger partial charge in [0.15, 0.2) is 0 Å². The molecule has 0 fully saturated rings. The third kappa shape index (κ3) is 3.09. The number of aromatic nitrogens is 1. The molecular weight excluding hydrogens is 284 g/mol. The first-order valence-electron chi connectivity index (χ1n) is 6.38. The van der Waals surface area contributed by atoms with E-state index in [1.807, 2.05) is 54.6 Å². The van der Waals surface area contributed by atoms with Crippen LogP contribution in [0.25, 0.3) is 10.9 Å². The Hall–Kier alpha value is -2.66. The van der Waals surface area contributed by atoms with Gasteiger partial charge in [-0.25, -0.2) is 0 Å². The summed E-state index contributed by atoms with van der Waals surface area (Å²) in [6.07, 6.45) is 0. The minimum Gasteiger partial charge on any atom is -0.431 e. The topological polar surface area (TPSA) is 54.1 Å². The summed E-state index contributed by atoms with van der Waals surface area (Å²) in [5.41, 5.74) is 1.31. The molecule has 0 amide bonds. The molecule has 0 unspecified atom stereocenters. The van der Waals surface area contributed by atoms with Gasteiger partial charge in [0.1, 0.15) is 5.75 Å². The molecule has 0 saturated carbocycles. The molecule has 0 spiro atoms. The van der Waals surface area contributed by atoms with Gasteiger partial charge in [0.2, 0.25) is 0 Å². The fourth-order valence-corrected chi connectivity index (χ4v) is 2.23. The Balaban J connectivity index is 1.88. The van der Waals surface area contributed by atoms with Crippen LogP contribution in [0.4, 0.5) is 5.69 Å². The predicted octanol–water partition coefficient (Wildman–Crippen LogP) is 3.30. The third-order valence-corrected chi connectivity index (χ3v) is 3.12. The molecule has 4 nitrogen and oxygen atoms in total. The van der Waals surface area contributed by atoms with E-state index in [0.29, 0.717) is 11.3 Å². The van der Waals surface area contributed by atoms with Crippen LogP contribution in [0.3, 0.4) is 0 Å². The largest absolute Gasteiger partial charge is 0.431 e. The maximum absolute atomic E-state index is 11.6. The molecule has 21 heavy (non-hydrogen) atoms. The van der Waals surface area contributed by atoms with Gasteiger partial charge in [-0.05, 0) is 36.5 Å². The molecule has 1 aromatic heterocycles. The molecule has 0 bridgehead atoms. The molecule has 1 heterocycles. The highest BCUT2D eigenvalue weighted by Crippen LogP contribution is 2.22. The van der Waals surface area contributed by atoms with E-state index in [9.17, 15) is 4.79 Å². The smallest absolute Gasteiger partial charge is 0.266 e. The number of rotatable bonds is 2. The second-order valence-corrected chi connectivity index (χ2v) is 4.79. The average molecular weight is 296 g/mol. The number of anilines is 1. The maximum atomic E-state index is 11.6. The number of fused-ring (bicyclic) bond motifs is 1. The van der Waals surface area contributed by atoms with Crippen LogP contribution in [0.2, 0.25) is 0 Å². The summed E-state index contributed by atoms with van der Waals surface area (Å²) in [5, 5.41) is 3.96. The van der Waals surface area contributed by atoms with Gasteiger partial charge in [0.25, 0.3) is 10.7 Å². The molecule has 3 rings (SSSR count). The SMILES string of the molecule is O=c1cc(OC(=S)Nc2ccccc2)c2ccccc2[nH]1. The molecule has 0 saturated heterocycles. The second-order valence-electron chi connectivity index (χ2n) is 4.42. The number of nitrogens with one attached hydrogen (secondary N) is 2. The van der Waals surface area contributed by atoms with Gasteiger partial charge in [-0.3, -0.25) is 4.79 Å². The summed E-state index contributed by atoms with van der Waals surface area (Å²) in [6.45, 7) is 0. The van der Waals surface area contributed by atoms with Crippen molar-refractivity contribution in [2.24, 2.45) is 0 Å². The quantitative estimate of drug-likeness (QED) is 0.712.